The first-order valence-electron chi connectivity index (χ1n) is 5.59. The van der Waals surface area contributed by atoms with E-state index in [2.05, 4.69) is 0 Å². The third-order valence-electron chi connectivity index (χ3n) is 2.67. The predicted octanol–water partition coefficient (Wildman–Crippen LogP) is 2.42. The molecule has 2 rings (SSSR count). The summed E-state index contributed by atoms with van der Waals surface area (Å²) in [6.45, 7) is 4.30. The van der Waals surface area contributed by atoms with Gasteiger partial charge in [-0.15, -0.1) is 0 Å². The third kappa shape index (κ3) is 2.46. The second-order valence-electron chi connectivity index (χ2n) is 4.34. The zero-order valence-corrected chi connectivity index (χ0v) is 9.93. The molecule has 3 nitrogen and oxygen atoms in total. The maximum atomic E-state index is 13.0. The number of halogens is 1. The normalized spacial score (nSPS) is 11.1. The van der Waals surface area contributed by atoms with Crippen LogP contribution >= 0.6 is 0 Å². The van der Waals surface area contributed by atoms with Crippen molar-refractivity contribution >= 4 is 0 Å². The summed E-state index contributed by atoms with van der Waals surface area (Å²) in [4.78, 5) is 11.9. The summed E-state index contributed by atoms with van der Waals surface area (Å²) in [6, 6.07) is 6.43. The molecule has 0 aliphatic carbocycles. The minimum atomic E-state index is -0.279. The second-order valence-corrected chi connectivity index (χ2v) is 4.34. The van der Waals surface area contributed by atoms with Crippen molar-refractivity contribution in [1.82, 2.24) is 9.13 Å². The van der Waals surface area contributed by atoms with Crippen molar-refractivity contribution in [3.05, 3.63) is 58.5 Å². The summed E-state index contributed by atoms with van der Waals surface area (Å²) in [7, 11) is 0. The largest absolute Gasteiger partial charge is 0.328 e. The van der Waals surface area contributed by atoms with Crippen LogP contribution in [0.25, 0.3) is 0 Å². The van der Waals surface area contributed by atoms with Gasteiger partial charge >= 0.3 is 5.69 Å². The van der Waals surface area contributed by atoms with Gasteiger partial charge in [-0.05, 0) is 31.5 Å². The van der Waals surface area contributed by atoms with Gasteiger partial charge in [0.1, 0.15) is 5.82 Å². The molecular formula is C13H15FN2O. The van der Waals surface area contributed by atoms with E-state index in [0.717, 1.165) is 5.56 Å². The minimum Gasteiger partial charge on any atom is -0.297 e. The van der Waals surface area contributed by atoms with E-state index in [1.165, 1.54) is 12.1 Å². The van der Waals surface area contributed by atoms with Crippen LogP contribution in [0.4, 0.5) is 4.39 Å². The number of aromatic nitrogens is 2. The number of benzene rings is 1. The lowest BCUT2D eigenvalue weighted by Crippen LogP contribution is -2.25. The molecule has 17 heavy (non-hydrogen) atoms. The van der Waals surface area contributed by atoms with E-state index in [1.807, 2.05) is 19.9 Å². The Morgan fingerprint density at radius 1 is 1.29 bits per heavy atom. The van der Waals surface area contributed by atoms with Crippen molar-refractivity contribution in [2.24, 2.45) is 0 Å². The van der Waals surface area contributed by atoms with E-state index >= 15 is 0 Å². The Labute approximate surface area is 99.1 Å². The van der Waals surface area contributed by atoms with Gasteiger partial charge in [-0.2, -0.15) is 0 Å². The lowest BCUT2D eigenvalue weighted by molar-refractivity contribution is 0.560. The van der Waals surface area contributed by atoms with Crippen molar-refractivity contribution in [2.45, 2.75) is 26.4 Å². The van der Waals surface area contributed by atoms with Gasteiger partial charge in [0, 0.05) is 18.4 Å². The van der Waals surface area contributed by atoms with Crippen molar-refractivity contribution in [3.8, 4) is 0 Å². The summed E-state index contributed by atoms with van der Waals surface area (Å²) in [5, 5.41) is 0. The molecule has 1 heterocycles. The number of hydrogen-bond donors (Lipinski definition) is 0. The summed E-state index contributed by atoms with van der Waals surface area (Å²) in [5.41, 5.74) is 0.720. The highest BCUT2D eigenvalue weighted by Gasteiger charge is 2.06. The lowest BCUT2D eigenvalue weighted by Gasteiger charge is -2.05. The molecule has 0 saturated carbocycles. The van der Waals surface area contributed by atoms with E-state index < -0.39 is 0 Å². The van der Waals surface area contributed by atoms with Crippen molar-refractivity contribution < 1.29 is 4.39 Å². The van der Waals surface area contributed by atoms with Crippen LogP contribution in [-0.4, -0.2) is 9.13 Å². The molecule has 0 saturated heterocycles. The number of hydrogen-bond acceptors (Lipinski definition) is 1. The van der Waals surface area contributed by atoms with Crippen molar-refractivity contribution in [2.75, 3.05) is 0 Å². The van der Waals surface area contributed by atoms with Crippen LogP contribution in [0.3, 0.4) is 0 Å². The van der Waals surface area contributed by atoms with Gasteiger partial charge in [-0.25, -0.2) is 9.18 Å². The van der Waals surface area contributed by atoms with Gasteiger partial charge in [0.25, 0.3) is 0 Å². The molecule has 1 aromatic heterocycles. The lowest BCUT2D eigenvalue weighted by atomic mass is 10.2. The Bertz CT molecular complexity index is 569. The Morgan fingerprint density at radius 2 is 2.06 bits per heavy atom. The highest BCUT2D eigenvalue weighted by Crippen LogP contribution is 2.06. The SMILES string of the molecule is CC(C)n1ccn(Cc2cccc(F)c2)c1=O. The van der Waals surface area contributed by atoms with E-state index in [1.54, 1.807) is 27.6 Å². The van der Waals surface area contributed by atoms with Gasteiger partial charge in [-0.1, -0.05) is 12.1 Å². The van der Waals surface area contributed by atoms with Gasteiger partial charge in [-0.3, -0.25) is 9.13 Å². The fourth-order valence-electron chi connectivity index (χ4n) is 1.77. The van der Waals surface area contributed by atoms with Crippen molar-refractivity contribution in [3.63, 3.8) is 0 Å². The monoisotopic (exact) mass is 234 g/mol. The first-order valence-corrected chi connectivity index (χ1v) is 5.59. The maximum Gasteiger partial charge on any atom is 0.328 e. The molecule has 0 unspecified atom stereocenters. The summed E-state index contributed by atoms with van der Waals surface area (Å²) >= 11 is 0. The zero-order chi connectivity index (χ0) is 12.4. The Kier molecular flexibility index (Phi) is 3.13. The molecule has 0 spiro atoms. The molecule has 2 aromatic rings. The molecule has 0 radical (unpaired) electrons. The first kappa shape index (κ1) is 11.6. The van der Waals surface area contributed by atoms with Crippen LogP contribution < -0.4 is 5.69 Å². The minimum absolute atomic E-state index is 0.0655. The highest BCUT2D eigenvalue weighted by molar-refractivity contribution is 5.16. The van der Waals surface area contributed by atoms with E-state index in [-0.39, 0.29) is 17.5 Å². The molecule has 1 aromatic carbocycles. The van der Waals surface area contributed by atoms with Crippen LogP contribution in [0.15, 0.2) is 41.5 Å². The van der Waals surface area contributed by atoms with Crippen LogP contribution in [0.5, 0.6) is 0 Å². The van der Waals surface area contributed by atoms with Crippen LogP contribution in [-0.2, 0) is 6.54 Å². The highest BCUT2D eigenvalue weighted by atomic mass is 19.1. The number of rotatable bonds is 3. The quantitative estimate of drug-likeness (QED) is 0.801. The third-order valence-corrected chi connectivity index (χ3v) is 2.67. The molecule has 0 bridgehead atoms. The standard InChI is InChI=1S/C13H15FN2O/c1-10(2)16-7-6-15(13(16)17)9-11-4-3-5-12(14)8-11/h3-8,10H,9H2,1-2H3. The molecule has 90 valence electrons. The molecule has 0 aliphatic rings. The Hall–Kier alpha value is -1.84. The zero-order valence-electron chi connectivity index (χ0n) is 9.93. The molecule has 0 fully saturated rings. The van der Waals surface area contributed by atoms with Gasteiger partial charge in [0.15, 0.2) is 0 Å². The maximum absolute atomic E-state index is 13.0. The van der Waals surface area contributed by atoms with E-state index in [0.29, 0.717) is 6.54 Å². The molecule has 4 heteroatoms. The average molecular weight is 234 g/mol. The van der Waals surface area contributed by atoms with Crippen LogP contribution in [0, 0.1) is 5.82 Å². The summed E-state index contributed by atoms with van der Waals surface area (Å²) in [5.74, 6) is -0.279. The molecule has 0 atom stereocenters. The molecule has 0 N–H and O–H groups in total. The fourth-order valence-corrected chi connectivity index (χ4v) is 1.77. The predicted molar refractivity (Wildman–Crippen MR) is 64.6 cm³/mol. The average Bonchev–Trinajstić information content (AvgIpc) is 2.61. The smallest absolute Gasteiger partial charge is 0.297 e. The first-order chi connectivity index (χ1) is 8.08. The summed E-state index contributed by atoms with van der Waals surface area (Å²) < 4.78 is 16.2. The van der Waals surface area contributed by atoms with Gasteiger partial charge in [0.2, 0.25) is 0 Å². The number of imidazole rings is 1. The molecular weight excluding hydrogens is 219 g/mol. The topological polar surface area (TPSA) is 26.9 Å². The van der Waals surface area contributed by atoms with E-state index in [4.69, 9.17) is 0 Å². The van der Waals surface area contributed by atoms with Crippen LogP contribution in [0.2, 0.25) is 0 Å². The Balaban J connectivity index is 2.28. The number of nitrogens with zero attached hydrogens (tertiary/aromatic N) is 2. The van der Waals surface area contributed by atoms with Gasteiger partial charge in [0.05, 0.1) is 6.54 Å². The summed E-state index contributed by atoms with van der Waals surface area (Å²) in [6.07, 6.45) is 3.49. The van der Waals surface area contributed by atoms with Gasteiger partial charge < -0.3 is 0 Å². The second kappa shape index (κ2) is 4.57. The molecule has 0 aliphatic heterocycles. The molecule has 0 amide bonds. The Morgan fingerprint density at radius 3 is 2.65 bits per heavy atom. The van der Waals surface area contributed by atoms with Crippen molar-refractivity contribution in [1.29, 1.82) is 0 Å². The van der Waals surface area contributed by atoms with E-state index in [9.17, 15) is 9.18 Å². The van der Waals surface area contributed by atoms with Crippen LogP contribution in [0.1, 0.15) is 25.5 Å². The fraction of sp³-hybridized carbons (Fsp3) is 0.308.